The number of imidazole rings is 1. The van der Waals surface area contributed by atoms with Gasteiger partial charge in [-0.05, 0) is 25.0 Å². The van der Waals surface area contributed by atoms with Gasteiger partial charge in [-0.1, -0.05) is 31.4 Å². The zero-order valence-electron chi connectivity index (χ0n) is 16.5. The molecule has 1 heterocycles. The Balaban J connectivity index is 1.53. The number of rotatable bonds is 7. The normalized spacial score (nSPS) is 14.5. The van der Waals surface area contributed by atoms with Gasteiger partial charge in [0.25, 0.3) is 0 Å². The van der Waals surface area contributed by atoms with E-state index in [0.717, 1.165) is 29.8 Å². The molecule has 1 aromatic heterocycles. The summed E-state index contributed by atoms with van der Waals surface area (Å²) < 4.78 is 7.07. The van der Waals surface area contributed by atoms with Gasteiger partial charge in [-0.3, -0.25) is 14.9 Å². The van der Waals surface area contributed by atoms with Crippen LogP contribution in [0.5, 0.6) is 5.75 Å². The van der Waals surface area contributed by atoms with Gasteiger partial charge in [0, 0.05) is 31.5 Å². The third-order valence-corrected chi connectivity index (χ3v) is 5.15. The van der Waals surface area contributed by atoms with Crippen LogP contribution in [0.1, 0.15) is 44.9 Å². The molecule has 0 unspecified atom stereocenters. The average Bonchev–Trinajstić information content (AvgIpc) is 3.07. The number of amides is 2. The number of methoxy groups -OCH3 is 1. The second-order valence-electron chi connectivity index (χ2n) is 7.21. The van der Waals surface area contributed by atoms with E-state index in [4.69, 9.17) is 4.74 Å². The molecule has 7 nitrogen and oxygen atoms in total. The van der Waals surface area contributed by atoms with Gasteiger partial charge in [-0.2, -0.15) is 0 Å². The second-order valence-corrected chi connectivity index (χ2v) is 7.21. The van der Waals surface area contributed by atoms with Crippen LogP contribution in [0, 0.1) is 0 Å². The largest absolute Gasteiger partial charge is 0.497 e. The Morgan fingerprint density at radius 3 is 2.68 bits per heavy atom. The van der Waals surface area contributed by atoms with E-state index in [-0.39, 0.29) is 30.7 Å². The fourth-order valence-electron chi connectivity index (χ4n) is 3.54. The number of nitrogens with one attached hydrogen (secondary N) is 2. The fraction of sp³-hybridized carbons (Fsp3) is 0.476. The second kappa shape index (κ2) is 9.39. The summed E-state index contributed by atoms with van der Waals surface area (Å²) in [7, 11) is 3.46. The molecule has 28 heavy (non-hydrogen) atoms. The first-order chi connectivity index (χ1) is 13.6. The number of benzene rings is 1. The molecule has 150 valence electrons. The van der Waals surface area contributed by atoms with E-state index >= 15 is 0 Å². The van der Waals surface area contributed by atoms with E-state index in [9.17, 15) is 9.59 Å². The van der Waals surface area contributed by atoms with Crippen LogP contribution in [0.3, 0.4) is 0 Å². The average molecular weight is 384 g/mol. The van der Waals surface area contributed by atoms with Crippen LogP contribution in [-0.4, -0.2) is 34.5 Å². The minimum atomic E-state index is -0.218. The molecular weight excluding hydrogens is 356 g/mol. The Bertz CT molecular complexity index is 825. The Morgan fingerprint density at radius 2 is 1.93 bits per heavy atom. The molecule has 0 spiro atoms. The molecule has 1 fully saturated rings. The Kier molecular flexibility index (Phi) is 6.68. The predicted octanol–water partition coefficient (Wildman–Crippen LogP) is 3.26. The summed E-state index contributed by atoms with van der Waals surface area (Å²) in [6, 6.07) is 7.92. The van der Waals surface area contributed by atoms with Crippen molar-refractivity contribution in [2.75, 3.05) is 12.4 Å². The topological polar surface area (TPSA) is 85.2 Å². The lowest BCUT2D eigenvalue weighted by Gasteiger charge is -2.22. The van der Waals surface area contributed by atoms with Gasteiger partial charge in [0.05, 0.1) is 19.0 Å². The number of anilines is 1. The van der Waals surface area contributed by atoms with Gasteiger partial charge in [-0.15, -0.1) is 0 Å². The third-order valence-electron chi connectivity index (χ3n) is 5.15. The van der Waals surface area contributed by atoms with E-state index in [1.54, 1.807) is 13.3 Å². The van der Waals surface area contributed by atoms with Gasteiger partial charge in [0.15, 0.2) is 0 Å². The zero-order chi connectivity index (χ0) is 19.9. The van der Waals surface area contributed by atoms with Crippen molar-refractivity contribution in [2.24, 2.45) is 7.05 Å². The molecule has 0 atom stereocenters. The van der Waals surface area contributed by atoms with Crippen molar-refractivity contribution in [1.82, 2.24) is 14.9 Å². The molecule has 1 saturated carbocycles. The van der Waals surface area contributed by atoms with Crippen molar-refractivity contribution < 1.29 is 14.3 Å². The first kappa shape index (κ1) is 19.9. The summed E-state index contributed by atoms with van der Waals surface area (Å²) in [5.74, 6) is 0.937. The van der Waals surface area contributed by atoms with Crippen LogP contribution in [0.4, 0.5) is 5.95 Å². The van der Waals surface area contributed by atoms with Gasteiger partial charge < -0.3 is 14.6 Å². The summed E-state index contributed by atoms with van der Waals surface area (Å²) in [6.45, 7) is 0. The molecule has 2 amide bonds. The van der Waals surface area contributed by atoms with Gasteiger partial charge in [0.2, 0.25) is 17.8 Å². The lowest BCUT2D eigenvalue weighted by atomic mass is 9.95. The molecule has 0 radical (unpaired) electrons. The van der Waals surface area contributed by atoms with Crippen LogP contribution in [0.2, 0.25) is 0 Å². The van der Waals surface area contributed by atoms with E-state index in [0.29, 0.717) is 5.95 Å². The molecule has 1 aliphatic rings. The summed E-state index contributed by atoms with van der Waals surface area (Å²) in [5, 5.41) is 5.82. The molecule has 0 bridgehead atoms. The molecule has 7 heteroatoms. The number of hydrogen-bond donors (Lipinski definition) is 2. The molecular formula is C21H28N4O3. The first-order valence-electron chi connectivity index (χ1n) is 9.82. The number of hydrogen-bond acceptors (Lipinski definition) is 4. The third kappa shape index (κ3) is 5.12. The Hall–Kier alpha value is -2.83. The number of aromatic nitrogens is 2. The van der Waals surface area contributed by atoms with Crippen LogP contribution >= 0.6 is 0 Å². The summed E-state index contributed by atoms with van der Waals surface area (Å²) in [5.41, 5.74) is 1.81. The minimum Gasteiger partial charge on any atom is -0.497 e. The van der Waals surface area contributed by atoms with Crippen molar-refractivity contribution in [2.45, 2.75) is 51.0 Å². The monoisotopic (exact) mass is 384 g/mol. The first-order valence-corrected chi connectivity index (χ1v) is 9.82. The standard InChI is InChI=1S/C21H28N4O3/c1-25-18(15-7-6-10-17(13-15)28-2)14-22-21(25)24-20(27)12-11-19(26)23-16-8-4-3-5-9-16/h6-7,10,13-14,16H,3-5,8-9,11-12H2,1-2H3,(H,23,26)(H,22,24,27). The van der Waals surface area contributed by atoms with Crippen molar-refractivity contribution >= 4 is 17.8 Å². The van der Waals surface area contributed by atoms with Crippen molar-refractivity contribution in [1.29, 1.82) is 0 Å². The van der Waals surface area contributed by atoms with E-state index in [1.165, 1.54) is 19.3 Å². The highest BCUT2D eigenvalue weighted by molar-refractivity contribution is 5.92. The Labute approximate surface area is 165 Å². The zero-order valence-corrected chi connectivity index (χ0v) is 16.5. The molecule has 1 aliphatic carbocycles. The predicted molar refractivity (Wildman–Crippen MR) is 108 cm³/mol. The number of nitrogens with zero attached hydrogens (tertiary/aromatic N) is 2. The molecule has 2 N–H and O–H groups in total. The van der Waals surface area contributed by atoms with Gasteiger partial charge >= 0.3 is 0 Å². The molecule has 2 aromatic rings. The quantitative estimate of drug-likeness (QED) is 0.767. The maximum absolute atomic E-state index is 12.2. The Morgan fingerprint density at radius 1 is 1.18 bits per heavy atom. The highest BCUT2D eigenvalue weighted by Gasteiger charge is 2.17. The number of carbonyl (C=O) groups is 2. The van der Waals surface area contributed by atoms with Crippen molar-refractivity contribution in [3.63, 3.8) is 0 Å². The lowest BCUT2D eigenvalue weighted by Crippen LogP contribution is -2.36. The van der Waals surface area contributed by atoms with E-state index < -0.39 is 0 Å². The van der Waals surface area contributed by atoms with E-state index in [1.807, 2.05) is 35.9 Å². The highest BCUT2D eigenvalue weighted by atomic mass is 16.5. The molecule has 0 aliphatic heterocycles. The minimum absolute atomic E-state index is 0.0565. The summed E-state index contributed by atoms with van der Waals surface area (Å²) in [4.78, 5) is 28.6. The lowest BCUT2D eigenvalue weighted by molar-refractivity contribution is -0.125. The number of carbonyl (C=O) groups excluding carboxylic acids is 2. The van der Waals surface area contributed by atoms with Crippen LogP contribution in [0.15, 0.2) is 30.5 Å². The van der Waals surface area contributed by atoms with Gasteiger partial charge in [-0.25, -0.2) is 4.98 Å². The smallest absolute Gasteiger partial charge is 0.227 e. The summed E-state index contributed by atoms with van der Waals surface area (Å²) in [6.07, 6.45) is 7.70. The fourth-order valence-corrected chi connectivity index (χ4v) is 3.54. The highest BCUT2D eigenvalue weighted by Crippen LogP contribution is 2.25. The number of ether oxygens (including phenoxy) is 1. The molecule has 0 saturated heterocycles. The summed E-state index contributed by atoms with van der Waals surface area (Å²) >= 11 is 0. The maximum atomic E-state index is 12.2. The molecule has 1 aromatic carbocycles. The van der Waals surface area contributed by atoms with Crippen molar-refractivity contribution in [3.8, 4) is 17.0 Å². The van der Waals surface area contributed by atoms with Crippen LogP contribution < -0.4 is 15.4 Å². The van der Waals surface area contributed by atoms with E-state index in [2.05, 4.69) is 15.6 Å². The van der Waals surface area contributed by atoms with Crippen LogP contribution in [0.25, 0.3) is 11.3 Å². The van der Waals surface area contributed by atoms with Crippen LogP contribution in [-0.2, 0) is 16.6 Å². The van der Waals surface area contributed by atoms with Gasteiger partial charge in [0.1, 0.15) is 5.75 Å². The molecule has 3 rings (SSSR count). The SMILES string of the molecule is COc1cccc(-c2cnc(NC(=O)CCC(=O)NC3CCCCC3)n2C)c1. The maximum Gasteiger partial charge on any atom is 0.227 e. The van der Waals surface area contributed by atoms with Crippen molar-refractivity contribution in [3.05, 3.63) is 30.5 Å².